The van der Waals surface area contributed by atoms with Crippen LogP contribution in [0.2, 0.25) is 0 Å². The lowest BCUT2D eigenvalue weighted by atomic mass is 10.0. The minimum absolute atomic E-state index is 0. The van der Waals surface area contributed by atoms with E-state index in [0.29, 0.717) is 0 Å². The summed E-state index contributed by atoms with van der Waals surface area (Å²) in [5.41, 5.74) is 2.27. The molecule has 0 bridgehead atoms. The van der Waals surface area contributed by atoms with Crippen LogP contribution in [0.5, 0.6) is 5.75 Å². The Bertz CT molecular complexity index is 841. The van der Waals surface area contributed by atoms with Crippen LogP contribution >= 0.6 is 0 Å². The molecule has 1 aliphatic rings. The summed E-state index contributed by atoms with van der Waals surface area (Å²) < 4.78 is 6.20. The Hall–Kier alpha value is -2.32. The van der Waals surface area contributed by atoms with Gasteiger partial charge in [-0.2, -0.15) is 0 Å². The standard InChI is InChI=1S/C21H19NO.ClH/c1-2-4-20-18(3-1)9-10-19(21(20)23-15-17-5-6-17)8-7-16-11-13-22-14-12-16;/h1-4,7-14,17H,5-6,15H2;1H/p-1/b8-7+;. The summed E-state index contributed by atoms with van der Waals surface area (Å²) in [5, 5.41) is 2.41. The van der Waals surface area contributed by atoms with Crippen LogP contribution in [-0.2, 0) is 0 Å². The van der Waals surface area contributed by atoms with E-state index in [4.69, 9.17) is 4.74 Å². The monoisotopic (exact) mass is 336 g/mol. The molecule has 0 saturated heterocycles. The van der Waals surface area contributed by atoms with E-state index in [-0.39, 0.29) is 12.4 Å². The van der Waals surface area contributed by atoms with Crippen LogP contribution in [0.3, 0.4) is 0 Å². The molecule has 4 rings (SSSR count). The van der Waals surface area contributed by atoms with Gasteiger partial charge >= 0.3 is 0 Å². The Morgan fingerprint density at radius 2 is 1.75 bits per heavy atom. The molecule has 0 aliphatic heterocycles. The lowest BCUT2D eigenvalue weighted by Crippen LogP contribution is -3.00. The molecule has 2 nitrogen and oxygen atoms in total. The third kappa shape index (κ3) is 3.77. The molecule has 0 radical (unpaired) electrons. The molecule has 1 heterocycles. The van der Waals surface area contributed by atoms with Crippen molar-refractivity contribution in [2.45, 2.75) is 12.8 Å². The molecule has 3 heteroatoms. The van der Waals surface area contributed by atoms with Crippen LogP contribution in [0.15, 0.2) is 60.9 Å². The second kappa shape index (κ2) is 7.50. The Kier molecular flexibility index (Phi) is 5.17. The summed E-state index contributed by atoms with van der Waals surface area (Å²) in [6.45, 7) is 0.824. The van der Waals surface area contributed by atoms with E-state index in [2.05, 4.69) is 53.5 Å². The third-order valence-electron chi connectivity index (χ3n) is 4.23. The van der Waals surface area contributed by atoms with Gasteiger partial charge in [-0.15, -0.1) is 0 Å². The molecule has 1 saturated carbocycles. The van der Waals surface area contributed by atoms with Crippen molar-refractivity contribution in [1.29, 1.82) is 0 Å². The fourth-order valence-corrected chi connectivity index (χ4v) is 2.70. The van der Waals surface area contributed by atoms with Crippen molar-refractivity contribution in [3.8, 4) is 5.75 Å². The van der Waals surface area contributed by atoms with Crippen LogP contribution in [-0.4, -0.2) is 11.6 Å². The first-order valence-electron chi connectivity index (χ1n) is 8.13. The predicted octanol–water partition coefficient (Wildman–Crippen LogP) is 2.20. The minimum Gasteiger partial charge on any atom is -1.00 e. The molecular formula is C21H19ClNO-. The van der Waals surface area contributed by atoms with E-state index >= 15 is 0 Å². The molecule has 0 N–H and O–H groups in total. The summed E-state index contributed by atoms with van der Waals surface area (Å²) in [6.07, 6.45) is 10.5. The fraction of sp³-hybridized carbons (Fsp3) is 0.190. The molecular weight excluding hydrogens is 318 g/mol. The van der Waals surface area contributed by atoms with Crippen LogP contribution in [0, 0.1) is 5.92 Å². The molecule has 1 aromatic heterocycles. The quantitative estimate of drug-likeness (QED) is 0.712. The zero-order valence-corrected chi connectivity index (χ0v) is 14.1. The number of hydrogen-bond donors (Lipinski definition) is 0. The molecule has 1 aliphatic carbocycles. The van der Waals surface area contributed by atoms with Crippen LogP contribution in [0.1, 0.15) is 24.0 Å². The van der Waals surface area contributed by atoms with Crippen molar-refractivity contribution < 1.29 is 17.1 Å². The van der Waals surface area contributed by atoms with E-state index in [1.54, 1.807) is 0 Å². The van der Waals surface area contributed by atoms with Gasteiger partial charge in [-0.1, -0.05) is 48.6 Å². The Balaban J connectivity index is 0.00000169. The second-order valence-corrected chi connectivity index (χ2v) is 6.07. The largest absolute Gasteiger partial charge is 1.00 e. The molecule has 24 heavy (non-hydrogen) atoms. The topological polar surface area (TPSA) is 22.1 Å². The molecule has 0 spiro atoms. The normalized spacial score (nSPS) is 13.8. The molecule has 1 fully saturated rings. The number of hydrogen-bond acceptors (Lipinski definition) is 2. The van der Waals surface area contributed by atoms with Gasteiger partial charge in [0.25, 0.3) is 0 Å². The van der Waals surface area contributed by atoms with Crippen molar-refractivity contribution in [3.63, 3.8) is 0 Å². The molecule has 2 aromatic carbocycles. The average molecular weight is 337 g/mol. The highest BCUT2D eigenvalue weighted by Gasteiger charge is 2.22. The summed E-state index contributed by atoms with van der Waals surface area (Å²) in [6, 6.07) is 16.7. The van der Waals surface area contributed by atoms with E-state index in [9.17, 15) is 0 Å². The number of benzene rings is 2. The van der Waals surface area contributed by atoms with Gasteiger partial charge in [-0.3, -0.25) is 4.98 Å². The summed E-state index contributed by atoms with van der Waals surface area (Å²) >= 11 is 0. The van der Waals surface area contributed by atoms with Gasteiger partial charge in [0.1, 0.15) is 5.75 Å². The van der Waals surface area contributed by atoms with Gasteiger partial charge in [-0.25, -0.2) is 0 Å². The highest BCUT2D eigenvalue weighted by molar-refractivity contribution is 5.93. The maximum Gasteiger partial charge on any atom is 0.134 e. The number of ether oxygens (including phenoxy) is 1. The summed E-state index contributed by atoms with van der Waals surface area (Å²) in [4.78, 5) is 4.06. The van der Waals surface area contributed by atoms with Gasteiger partial charge in [0.15, 0.2) is 0 Å². The van der Waals surface area contributed by atoms with Crippen molar-refractivity contribution in [1.82, 2.24) is 4.98 Å². The molecule has 3 aromatic rings. The fourth-order valence-electron chi connectivity index (χ4n) is 2.70. The van der Waals surface area contributed by atoms with E-state index in [1.807, 2.05) is 24.5 Å². The SMILES string of the molecule is C(=C\c1ccc2ccccc2c1OCC1CC1)/c1ccncc1.[Cl-]. The summed E-state index contributed by atoms with van der Waals surface area (Å²) in [5.74, 6) is 1.74. The third-order valence-corrected chi connectivity index (χ3v) is 4.23. The lowest BCUT2D eigenvalue weighted by molar-refractivity contribution is -0.00000482. The first-order valence-corrected chi connectivity index (χ1v) is 8.13. The maximum atomic E-state index is 6.20. The van der Waals surface area contributed by atoms with Gasteiger partial charge in [0.05, 0.1) is 6.61 Å². The first kappa shape index (κ1) is 16.5. The number of halogens is 1. The smallest absolute Gasteiger partial charge is 0.134 e. The number of pyridine rings is 1. The number of nitrogens with zero attached hydrogens (tertiary/aromatic N) is 1. The van der Waals surface area contributed by atoms with Crippen molar-refractivity contribution in [2.24, 2.45) is 5.92 Å². The minimum atomic E-state index is 0. The number of aromatic nitrogens is 1. The molecule has 0 unspecified atom stereocenters. The van der Waals surface area contributed by atoms with E-state index < -0.39 is 0 Å². The number of rotatable bonds is 5. The number of fused-ring (bicyclic) bond motifs is 1. The Labute approximate surface area is 148 Å². The molecule has 0 atom stereocenters. The first-order chi connectivity index (χ1) is 11.4. The van der Waals surface area contributed by atoms with Crippen LogP contribution in [0.4, 0.5) is 0 Å². The lowest BCUT2D eigenvalue weighted by Gasteiger charge is -2.12. The predicted molar refractivity (Wildman–Crippen MR) is 95.3 cm³/mol. The second-order valence-electron chi connectivity index (χ2n) is 6.07. The highest BCUT2D eigenvalue weighted by atomic mass is 35.5. The van der Waals surface area contributed by atoms with Gasteiger partial charge in [0.2, 0.25) is 0 Å². The van der Waals surface area contributed by atoms with Crippen molar-refractivity contribution >= 4 is 22.9 Å². The van der Waals surface area contributed by atoms with Crippen molar-refractivity contribution in [2.75, 3.05) is 6.61 Å². The zero-order valence-electron chi connectivity index (χ0n) is 13.4. The van der Waals surface area contributed by atoms with Gasteiger partial charge < -0.3 is 17.1 Å². The molecule has 122 valence electrons. The Morgan fingerprint density at radius 3 is 2.54 bits per heavy atom. The van der Waals surface area contributed by atoms with Crippen LogP contribution in [0.25, 0.3) is 22.9 Å². The highest BCUT2D eigenvalue weighted by Crippen LogP contribution is 2.34. The maximum absolute atomic E-state index is 6.20. The summed E-state index contributed by atoms with van der Waals surface area (Å²) in [7, 11) is 0. The Morgan fingerprint density at radius 1 is 0.958 bits per heavy atom. The van der Waals surface area contributed by atoms with E-state index in [1.165, 1.54) is 23.6 Å². The van der Waals surface area contributed by atoms with Crippen LogP contribution < -0.4 is 17.1 Å². The zero-order chi connectivity index (χ0) is 15.5. The van der Waals surface area contributed by atoms with Crippen molar-refractivity contribution in [3.05, 3.63) is 72.1 Å². The average Bonchev–Trinajstić information content (AvgIpc) is 3.43. The molecule has 0 amide bonds. The van der Waals surface area contributed by atoms with E-state index in [0.717, 1.165) is 29.4 Å². The van der Waals surface area contributed by atoms with Gasteiger partial charge in [-0.05, 0) is 41.8 Å². The van der Waals surface area contributed by atoms with Gasteiger partial charge in [0, 0.05) is 23.3 Å².